The van der Waals surface area contributed by atoms with Crippen molar-refractivity contribution in [1.29, 1.82) is 0 Å². The van der Waals surface area contributed by atoms with Crippen molar-refractivity contribution < 1.29 is 5.11 Å². The Balaban J connectivity index is 2.61. The minimum atomic E-state index is 0.339. The summed E-state index contributed by atoms with van der Waals surface area (Å²) in [5.41, 5.74) is 0.917. The fraction of sp³-hybridized carbons (Fsp3) is 0.182. The van der Waals surface area contributed by atoms with Crippen molar-refractivity contribution >= 4 is 0 Å². The summed E-state index contributed by atoms with van der Waals surface area (Å²) < 4.78 is 0. The molecule has 0 aliphatic heterocycles. The van der Waals surface area contributed by atoms with Gasteiger partial charge in [0.2, 0.25) is 0 Å². The van der Waals surface area contributed by atoms with Gasteiger partial charge in [-0.3, -0.25) is 0 Å². The van der Waals surface area contributed by atoms with Crippen LogP contribution in [0.3, 0.4) is 0 Å². The minimum Gasteiger partial charge on any atom is -0.508 e. The SMILES string of the molecule is CC#C[CH]Cc1ccccc1O. The Morgan fingerprint density at radius 1 is 1.42 bits per heavy atom. The quantitative estimate of drug-likeness (QED) is 0.655. The maximum absolute atomic E-state index is 9.34. The molecule has 0 aliphatic rings. The maximum Gasteiger partial charge on any atom is 0.118 e. The first-order valence-corrected chi connectivity index (χ1v) is 3.85. The van der Waals surface area contributed by atoms with E-state index in [4.69, 9.17) is 0 Å². The van der Waals surface area contributed by atoms with Gasteiger partial charge in [0.1, 0.15) is 5.75 Å². The predicted octanol–water partition coefficient (Wildman–Crippen LogP) is 2.16. The molecule has 1 aromatic carbocycles. The lowest BCUT2D eigenvalue weighted by molar-refractivity contribution is 0.469. The second-order valence-corrected chi connectivity index (χ2v) is 2.43. The van der Waals surface area contributed by atoms with E-state index in [9.17, 15) is 5.11 Å². The topological polar surface area (TPSA) is 20.2 Å². The van der Waals surface area contributed by atoms with Crippen LogP contribution < -0.4 is 0 Å². The summed E-state index contributed by atoms with van der Waals surface area (Å²) in [6.45, 7) is 1.79. The smallest absolute Gasteiger partial charge is 0.118 e. The van der Waals surface area contributed by atoms with E-state index >= 15 is 0 Å². The molecule has 1 heteroatoms. The van der Waals surface area contributed by atoms with Crippen LogP contribution >= 0.6 is 0 Å². The van der Waals surface area contributed by atoms with E-state index in [0.717, 1.165) is 5.56 Å². The lowest BCUT2D eigenvalue weighted by Gasteiger charge is -1.99. The standard InChI is InChI=1S/C11H11O/c1-2-3-4-7-10-8-5-6-9-11(10)12/h4-6,8-9,12H,7H2,1H3. The number of phenols is 1. The summed E-state index contributed by atoms with van der Waals surface area (Å²) in [5, 5.41) is 9.34. The Kier molecular flexibility index (Phi) is 3.22. The monoisotopic (exact) mass is 159 g/mol. The largest absolute Gasteiger partial charge is 0.508 e. The molecular weight excluding hydrogens is 148 g/mol. The molecule has 61 valence electrons. The molecule has 0 unspecified atom stereocenters. The molecule has 0 saturated heterocycles. The summed E-state index contributed by atoms with van der Waals surface area (Å²) in [4.78, 5) is 0. The number of rotatable bonds is 2. The van der Waals surface area contributed by atoms with E-state index in [0.29, 0.717) is 12.2 Å². The lowest BCUT2D eigenvalue weighted by atomic mass is 10.1. The van der Waals surface area contributed by atoms with Gasteiger partial charge in [-0.2, -0.15) is 0 Å². The molecule has 0 atom stereocenters. The van der Waals surface area contributed by atoms with E-state index in [-0.39, 0.29) is 0 Å². The van der Waals surface area contributed by atoms with Crippen LogP contribution in [0.1, 0.15) is 12.5 Å². The molecular formula is C11H11O. The molecule has 0 aliphatic carbocycles. The Hall–Kier alpha value is -1.42. The highest BCUT2D eigenvalue weighted by Crippen LogP contribution is 2.16. The normalized spacial score (nSPS) is 8.75. The van der Waals surface area contributed by atoms with Crippen LogP contribution in [-0.4, -0.2) is 5.11 Å². The molecule has 1 aromatic rings. The Labute approximate surface area is 73.0 Å². The van der Waals surface area contributed by atoms with Gasteiger partial charge < -0.3 is 5.11 Å². The van der Waals surface area contributed by atoms with Crippen molar-refractivity contribution in [3.05, 3.63) is 36.2 Å². The molecule has 1 nitrogen and oxygen atoms in total. The first-order valence-electron chi connectivity index (χ1n) is 3.85. The van der Waals surface area contributed by atoms with Crippen LogP contribution in [-0.2, 0) is 6.42 Å². The molecule has 1 radical (unpaired) electrons. The highest BCUT2D eigenvalue weighted by Gasteiger charge is 1.96. The van der Waals surface area contributed by atoms with Crippen molar-refractivity contribution in [2.45, 2.75) is 13.3 Å². The number of aromatic hydroxyl groups is 1. The molecule has 0 spiro atoms. The van der Waals surface area contributed by atoms with Gasteiger partial charge in [-0.05, 0) is 25.0 Å². The van der Waals surface area contributed by atoms with Crippen molar-refractivity contribution in [3.8, 4) is 17.6 Å². The van der Waals surface area contributed by atoms with Crippen molar-refractivity contribution in [2.75, 3.05) is 0 Å². The average Bonchev–Trinajstić information content (AvgIpc) is 2.09. The van der Waals surface area contributed by atoms with Crippen molar-refractivity contribution in [3.63, 3.8) is 0 Å². The van der Waals surface area contributed by atoms with Crippen LogP contribution in [0.2, 0.25) is 0 Å². The molecule has 0 amide bonds. The summed E-state index contributed by atoms with van der Waals surface area (Å²) in [7, 11) is 0. The van der Waals surface area contributed by atoms with E-state index < -0.39 is 0 Å². The van der Waals surface area contributed by atoms with E-state index in [1.165, 1.54) is 0 Å². The summed E-state index contributed by atoms with van der Waals surface area (Å²) in [6.07, 6.45) is 2.54. The molecule has 1 rings (SSSR count). The first kappa shape index (κ1) is 8.67. The third-order valence-electron chi connectivity index (χ3n) is 1.56. The van der Waals surface area contributed by atoms with Crippen LogP contribution in [0.5, 0.6) is 5.75 Å². The summed E-state index contributed by atoms with van der Waals surface area (Å²) in [6, 6.07) is 7.29. The maximum atomic E-state index is 9.34. The van der Waals surface area contributed by atoms with E-state index in [2.05, 4.69) is 11.8 Å². The number of phenolic OH excluding ortho intramolecular Hbond substituents is 1. The van der Waals surface area contributed by atoms with Crippen molar-refractivity contribution in [1.82, 2.24) is 0 Å². The number of hydrogen-bond donors (Lipinski definition) is 1. The van der Waals surface area contributed by atoms with Gasteiger partial charge in [-0.1, -0.05) is 24.1 Å². The van der Waals surface area contributed by atoms with Gasteiger partial charge in [0.15, 0.2) is 0 Å². The van der Waals surface area contributed by atoms with Crippen LogP contribution in [0.25, 0.3) is 0 Å². The fourth-order valence-electron chi connectivity index (χ4n) is 0.946. The van der Waals surface area contributed by atoms with Gasteiger partial charge in [0.25, 0.3) is 0 Å². The number of para-hydroxylation sites is 1. The number of benzene rings is 1. The van der Waals surface area contributed by atoms with Gasteiger partial charge in [0.05, 0.1) is 0 Å². The van der Waals surface area contributed by atoms with Gasteiger partial charge in [0, 0.05) is 6.42 Å². The van der Waals surface area contributed by atoms with Gasteiger partial charge in [-0.15, -0.1) is 5.92 Å². The minimum absolute atomic E-state index is 0.339. The molecule has 12 heavy (non-hydrogen) atoms. The van der Waals surface area contributed by atoms with Crippen molar-refractivity contribution in [2.24, 2.45) is 0 Å². The third-order valence-corrected chi connectivity index (χ3v) is 1.56. The molecule has 0 saturated carbocycles. The summed E-state index contributed by atoms with van der Waals surface area (Å²) >= 11 is 0. The molecule has 0 bridgehead atoms. The third kappa shape index (κ3) is 2.32. The molecule has 0 fully saturated rings. The highest BCUT2D eigenvalue weighted by molar-refractivity contribution is 5.34. The van der Waals surface area contributed by atoms with E-state index in [1.54, 1.807) is 13.0 Å². The predicted molar refractivity (Wildman–Crippen MR) is 49.6 cm³/mol. The molecule has 0 heterocycles. The zero-order valence-corrected chi connectivity index (χ0v) is 7.04. The van der Waals surface area contributed by atoms with Crippen LogP contribution in [0, 0.1) is 18.3 Å². The zero-order chi connectivity index (χ0) is 8.81. The first-order chi connectivity index (χ1) is 5.84. The Morgan fingerprint density at radius 2 is 2.17 bits per heavy atom. The van der Waals surface area contributed by atoms with E-state index in [1.807, 2.05) is 24.6 Å². The fourth-order valence-corrected chi connectivity index (χ4v) is 0.946. The zero-order valence-electron chi connectivity index (χ0n) is 7.04. The molecule has 0 aromatic heterocycles. The average molecular weight is 159 g/mol. The van der Waals surface area contributed by atoms with Gasteiger partial charge in [-0.25, -0.2) is 0 Å². The Bertz CT molecular complexity index is 304. The van der Waals surface area contributed by atoms with Gasteiger partial charge >= 0.3 is 0 Å². The van der Waals surface area contributed by atoms with Crippen LogP contribution in [0.4, 0.5) is 0 Å². The number of hydrogen-bond acceptors (Lipinski definition) is 1. The molecule has 1 N–H and O–H groups in total. The summed E-state index contributed by atoms with van der Waals surface area (Å²) in [5.74, 6) is 5.95. The lowest BCUT2D eigenvalue weighted by Crippen LogP contribution is -1.84. The second kappa shape index (κ2) is 4.46. The highest BCUT2D eigenvalue weighted by atomic mass is 16.3. The van der Waals surface area contributed by atoms with Crippen LogP contribution in [0.15, 0.2) is 24.3 Å². The Morgan fingerprint density at radius 3 is 2.83 bits per heavy atom. The second-order valence-electron chi connectivity index (χ2n) is 2.43.